The number of methoxy groups -OCH3 is 1. The molecule has 0 saturated heterocycles. The molecule has 0 spiro atoms. The van der Waals surface area contributed by atoms with Crippen LogP contribution in [0.2, 0.25) is 10.0 Å². The van der Waals surface area contributed by atoms with Crippen LogP contribution < -0.4 is 14.9 Å². The summed E-state index contributed by atoms with van der Waals surface area (Å²) < 4.78 is 10.7. The first-order valence-corrected chi connectivity index (χ1v) is 9.47. The summed E-state index contributed by atoms with van der Waals surface area (Å²) in [4.78, 5) is 24.5. The van der Waals surface area contributed by atoms with E-state index >= 15 is 0 Å². The van der Waals surface area contributed by atoms with E-state index in [-0.39, 0.29) is 10.8 Å². The fourth-order valence-electron chi connectivity index (χ4n) is 2.45. The highest BCUT2D eigenvalue weighted by Crippen LogP contribution is 2.28. The quantitative estimate of drug-likeness (QED) is 0.252. The number of nitrogens with zero attached hydrogens (tertiary/aromatic N) is 1. The van der Waals surface area contributed by atoms with Crippen molar-refractivity contribution in [3.63, 3.8) is 0 Å². The van der Waals surface area contributed by atoms with Crippen LogP contribution in [0.25, 0.3) is 0 Å². The van der Waals surface area contributed by atoms with E-state index in [0.717, 1.165) is 0 Å². The lowest BCUT2D eigenvalue weighted by Gasteiger charge is -2.10. The average Bonchev–Trinajstić information content (AvgIpc) is 2.76. The van der Waals surface area contributed by atoms with Gasteiger partial charge in [-0.1, -0.05) is 41.4 Å². The van der Waals surface area contributed by atoms with Crippen LogP contribution in [0.15, 0.2) is 71.8 Å². The summed E-state index contributed by atoms with van der Waals surface area (Å²) in [5.74, 6) is -0.354. The van der Waals surface area contributed by atoms with Crippen molar-refractivity contribution in [2.24, 2.45) is 5.10 Å². The van der Waals surface area contributed by atoms with Crippen LogP contribution in [-0.4, -0.2) is 25.2 Å². The third-order valence-electron chi connectivity index (χ3n) is 3.96. The van der Waals surface area contributed by atoms with Gasteiger partial charge in [-0.3, -0.25) is 4.79 Å². The Morgan fingerprint density at radius 3 is 2.37 bits per heavy atom. The van der Waals surface area contributed by atoms with Crippen LogP contribution in [0.4, 0.5) is 0 Å². The molecule has 6 nitrogen and oxygen atoms in total. The van der Waals surface area contributed by atoms with E-state index in [4.69, 9.17) is 32.7 Å². The monoisotopic (exact) mass is 442 g/mol. The Morgan fingerprint density at radius 1 is 0.900 bits per heavy atom. The van der Waals surface area contributed by atoms with E-state index in [1.807, 2.05) is 0 Å². The minimum atomic E-state index is -0.518. The van der Waals surface area contributed by atoms with Crippen molar-refractivity contribution in [2.75, 3.05) is 7.11 Å². The van der Waals surface area contributed by atoms with Crippen molar-refractivity contribution in [3.05, 3.63) is 93.5 Å². The molecule has 0 saturated carbocycles. The number of benzene rings is 3. The SMILES string of the molecule is COc1ccc(/C=N\NC(=O)c2ccc(Cl)c(Cl)c2)cc1OC(=O)c1ccccc1. The molecular weight excluding hydrogens is 427 g/mol. The summed E-state index contributed by atoms with van der Waals surface area (Å²) in [7, 11) is 1.47. The Morgan fingerprint density at radius 2 is 1.67 bits per heavy atom. The van der Waals surface area contributed by atoms with Gasteiger partial charge in [0.1, 0.15) is 0 Å². The molecule has 0 fully saturated rings. The number of rotatable bonds is 6. The standard InChI is InChI=1S/C22H16Cl2N2O4/c1-29-19-10-7-14(11-20(19)30-22(28)15-5-3-2-4-6-15)13-25-26-21(27)16-8-9-17(23)18(24)12-16/h2-13H,1H3,(H,26,27)/b25-13-. The van der Waals surface area contributed by atoms with Crippen LogP contribution >= 0.6 is 23.2 Å². The highest BCUT2D eigenvalue weighted by Gasteiger charge is 2.13. The van der Waals surface area contributed by atoms with Gasteiger partial charge >= 0.3 is 5.97 Å². The van der Waals surface area contributed by atoms with Crippen molar-refractivity contribution < 1.29 is 19.1 Å². The molecule has 0 aromatic heterocycles. The van der Waals surface area contributed by atoms with Crippen molar-refractivity contribution in [2.45, 2.75) is 0 Å². The van der Waals surface area contributed by atoms with E-state index < -0.39 is 11.9 Å². The maximum Gasteiger partial charge on any atom is 0.343 e. The molecule has 0 aliphatic heterocycles. The number of carbonyl (C=O) groups excluding carboxylic acids is 2. The fourth-order valence-corrected chi connectivity index (χ4v) is 2.75. The van der Waals surface area contributed by atoms with Gasteiger partial charge in [-0.05, 0) is 54.1 Å². The Hall–Kier alpha value is -3.35. The van der Waals surface area contributed by atoms with Gasteiger partial charge in [0.2, 0.25) is 0 Å². The highest BCUT2D eigenvalue weighted by molar-refractivity contribution is 6.42. The number of ether oxygens (including phenoxy) is 2. The zero-order valence-electron chi connectivity index (χ0n) is 15.8. The first-order chi connectivity index (χ1) is 14.5. The molecule has 3 aromatic rings. The van der Waals surface area contributed by atoms with Gasteiger partial charge < -0.3 is 9.47 Å². The Bertz CT molecular complexity index is 1100. The average molecular weight is 443 g/mol. The largest absolute Gasteiger partial charge is 0.493 e. The molecule has 30 heavy (non-hydrogen) atoms. The molecule has 0 atom stereocenters. The topological polar surface area (TPSA) is 77.0 Å². The van der Waals surface area contributed by atoms with Gasteiger partial charge in [0, 0.05) is 5.56 Å². The first-order valence-electron chi connectivity index (χ1n) is 8.71. The fraction of sp³-hybridized carbons (Fsp3) is 0.0455. The van der Waals surface area contributed by atoms with Crippen molar-refractivity contribution in [1.82, 2.24) is 5.43 Å². The van der Waals surface area contributed by atoms with Gasteiger partial charge in [0.05, 0.1) is 28.9 Å². The second kappa shape index (κ2) is 9.91. The van der Waals surface area contributed by atoms with E-state index in [1.165, 1.54) is 31.5 Å². The van der Waals surface area contributed by atoms with E-state index in [0.29, 0.717) is 27.5 Å². The normalized spacial score (nSPS) is 10.6. The number of esters is 1. The number of hydrazone groups is 1. The van der Waals surface area contributed by atoms with Crippen LogP contribution in [0.3, 0.4) is 0 Å². The smallest absolute Gasteiger partial charge is 0.343 e. The predicted molar refractivity (Wildman–Crippen MR) is 116 cm³/mol. The van der Waals surface area contributed by atoms with Crippen LogP contribution in [0, 0.1) is 0 Å². The lowest BCUT2D eigenvalue weighted by molar-refractivity contribution is 0.0729. The molecule has 1 amide bonds. The minimum Gasteiger partial charge on any atom is -0.493 e. The molecule has 152 valence electrons. The van der Waals surface area contributed by atoms with E-state index in [2.05, 4.69) is 10.5 Å². The summed E-state index contributed by atoms with van der Waals surface area (Å²) in [6.45, 7) is 0. The first kappa shape index (κ1) is 21.4. The van der Waals surface area contributed by atoms with Gasteiger partial charge in [-0.15, -0.1) is 0 Å². The summed E-state index contributed by atoms with van der Waals surface area (Å²) in [6.07, 6.45) is 1.41. The Kier molecular flexibility index (Phi) is 7.06. The number of carbonyl (C=O) groups is 2. The van der Waals surface area contributed by atoms with Gasteiger partial charge in [-0.25, -0.2) is 10.2 Å². The zero-order valence-corrected chi connectivity index (χ0v) is 17.3. The summed E-state index contributed by atoms with van der Waals surface area (Å²) in [6, 6.07) is 18.0. The lowest BCUT2D eigenvalue weighted by atomic mass is 10.2. The van der Waals surface area contributed by atoms with Crippen molar-refractivity contribution in [3.8, 4) is 11.5 Å². The molecule has 0 unspecified atom stereocenters. The molecular formula is C22H16Cl2N2O4. The number of halogens is 2. The highest BCUT2D eigenvalue weighted by atomic mass is 35.5. The summed E-state index contributed by atoms with van der Waals surface area (Å²) in [5, 5.41) is 4.55. The number of nitrogens with one attached hydrogen (secondary N) is 1. The molecule has 3 rings (SSSR count). The number of hydrogen-bond donors (Lipinski definition) is 1. The maximum absolute atomic E-state index is 12.3. The van der Waals surface area contributed by atoms with Gasteiger partial charge in [-0.2, -0.15) is 5.10 Å². The lowest BCUT2D eigenvalue weighted by Crippen LogP contribution is -2.17. The summed E-state index contributed by atoms with van der Waals surface area (Å²) >= 11 is 11.8. The van der Waals surface area contributed by atoms with Gasteiger partial charge in [0.25, 0.3) is 5.91 Å². The number of hydrogen-bond acceptors (Lipinski definition) is 5. The molecule has 0 heterocycles. The van der Waals surface area contributed by atoms with Crippen molar-refractivity contribution >= 4 is 41.3 Å². The second-order valence-corrected chi connectivity index (χ2v) is 6.81. The molecule has 8 heteroatoms. The Balaban J connectivity index is 1.71. The third kappa shape index (κ3) is 5.37. The third-order valence-corrected chi connectivity index (χ3v) is 4.70. The second-order valence-electron chi connectivity index (χ2n) is 5.99. The molecule has 3 aromatic carbocycles. The molecule has 0 radical (unpaired) electrons. The molecule has 0 aliphatic carbocycles. The Labute approximate surface area is 183 Å². The number of amides is 1. The minimum absolute atomic E-state index is 0.228. The van der Waals surface area contributed by atoms with Gasteiger partial charge in [0.15, 0.2) is 11.5 Å². The van der Waals surface area contributed by atoms with Crippen molar-refractivity contribution in [1.29, 1.82) is 0 Å². The maximum atomic E-state index is 12.3. The molecule has 1 N–H and O–H groups in total. The predicted octanol–water partition coefficient (Wildman–Crippen LogP) is 4.99. The zero-order chi connectivity index (χ0) is 21.5. The van der Waals surface area contributed by atoms with E-state index in [9.17, 15) is 9.59 Å². The van der Waals surface area contributed by atoms with E-state index in [1.54, 1.807) is 48.5 Å². The molecule has 0 bridgehead atoms. The van der Waals surface area contributed by atoms with Crippen LogP contribution in [0.1, 0.15) is 26.3 Å². The summed E-state index contributed by atoms with van der Waals surface area (Å²) in [5.41, 5.74) is 3.71. The van der Waals surface area contributed by atoms with Crippen LogP contribution in [0.5, 0.6) is 11.5 Å². The van der Waals surface area contributed by atoms with Crippen LogP contribution in [-0.2, 0) is 0 Å². The molecule has 0 aliphatic rings.